The van der Waals surface area contributed by atoms with Crippen molar-refractivity contribution < 1.29 is 4.79 Å². The third-order valence-electron chi connectivity index (χ3n) is 3.11. The maximum atomic E-state index is 12.4. The minimum absolute atomic E-state index is 0.101. The van der Waals surface area contributed by atoms with Gasteiger partial charge in [0.05, 0.1) is 12.1 Å². The van der Waals surface area contributed by atoms with Crippen LogP contribution in [0.5, 0.6) is 0 Å². The minimum atomic E-state index is -0.101. The summed E-state index contributed by atoms with van der Waals surface area (Å²) in [5.41, 5.74) is 4.05. The van der Waals surface area contributed by atoms with E-state index in [1.54, 1.807) is 5.01 Å². The van der Waals surface area contributed by atoms with Crippen molar-refractivity contribution in [1.82, 2.24) is 15.8 Å². The van der Waals surface area contributed by atoms with Gasteiger partial charge in [-0.25, -0.2) is 0 Å². The Morgan fingerprint density at radius 1 is 1.53 bits per heavy atom. The second-order valence-corrected chi connectivity index (χ2v) is 5.09. The highest BCUT2D eigenvalue weighted by Gasteiger charge is 2.30. The van der Waals surface area contributed by atoms with Crippen LogP contribution < -0.4 is 10.7 Å². The number of allylic oxidation sites excluding steroid dienone is 1. The van der Waals surface area contributed by atoms with Crippen LogP contribution >= 0.6 is 0 Å². The van der Waals surface area contributed by atoms with E-state index in [1.165, 1.54) is 0 Å². The smallest absolute Gasteiger partial charge is 0.258 e. The fraction of sp³-hybridized carbons (Fsp3) is 0.769. The van der Waals surface area contributed by atoms with Gasteiger partial charge in [0.2, 0.25) is 0 Å². The Morgan fingerprint density at radius 3 is 2.71 bits per heavy atom. The molecule has 1 amide bonds. The molecule has 0 unspecified atom stereocenters. The van der Waals surface area contributed by atoms with Gasteiger partial charge in [-0.15, -0.1) is 0 Å². The maximum Gasteiger partial charge on any atom is 0.258 e. The molecule has 1 aliphatic heterocycles. The molecule has 4 heteroatoms. The van der Waals surface area contributed by atoms with E-state index < -0.39 is 0 Å². The average molecular weight is 239 g/mol. The largest absolute Gasteiger partial charge is 0.304 e. The first-order chi connectivity index (χ1) is 7.95. The molecule has 98 valence electrons. The van der Waals surface area contributed by atoms with Crippen LogP contribution in [0, 0.1) is 0 Å². The summed E-state index contributed by atoms with van der Waals surface area (Å²) in [5, 5.41) is 5.06. The molecule has 0 spiro atoms. The predicted molar refractivity (Wildman–Crippen MR) is 70.2 cm³/mol. The zero-order valence-electron chi connectivity index (χ0n) is 11.4. The van der Waals surface area contributed by atoms with Gasteiger partial charge in [0.25, 0.3) is 5.91 Å². The van der Waals surface area contributed by atoms with Gasteiger partial charge in [0, 0.05) is 11.7 Å². The number of hydrazine groups is 1. The number of carbonyl (C=O) groups excluding carboxylic acids is 1. The molecule has 0 aromatic heterocycles. The first kappa shape index (κ1) is 14.0. The highest BCUT2D eigenvalue weighted by atomic mass is 16.2. The lowest BCUT2D eigenvalue weighted by Gasteiger charge is -2.31. The van der Waals surface area contributed by atoms with Crippen molar-refractivity contribution in [2.45, 2.75) is 65.1 Å². The minimum Gasteiger partial charge on any atom is -0.304 e. The summed E-state index contributed by atoms with van der Waals surface area (Å²) in [4.78, 5) is 12.4. The first-order valence-corrected chi connectivity index (χ1v) is 6.49. The summed E-state index contributed by atoms with van der Waals surface area (Å²) < 4.78 is 0. The van der Waals surface area contributed by atoms with Gasteiger partial charge in [-0.1, -0.05) is 27.4 Å². The molecule has 1 fully saturated rings. The lowest BCUT2D eigenvalue weighted by molar-refractivity contribution is -0.138. The second kappa shape index (κ2) is 6.05. The first-order valence-electron chi connectivity index (χ1n) is 6.49. The van der Waals surface area contributed by atoms with Crippen molar-refractivity contribution in [3.63, 3.8) is 0 Å². The van der Waals surface area contributed by atoms with E-state index in [4.69, 9.17) is 0 Å². The third kappa shape index (κ3) is 3.73. The Labute approximate surface area is 104 Å². The molecule has 0 radical (unpaired) electrons. The summed E-state index contributed by atoms with van der Waals surface area (Å²) >= 11 is 0. The summed E-state index contributed by atoms with van der Waals surface area (Å²) in [6.45, 7) is 12.2. The Kier molecular flexibility index (Phi) is 5.00. The van der Waals surface area contributed by atoms with Gasteiger partial charge < -0.3 is 10.7 Å². The Morgan fingerprint density at radius 2 is 2.18 bits per heavy atom. The number of hydrogen-bond acceptors (Lipinski definition) is 3. The fourth-order valence-corrected chi connectivity index (χ4v) is 1.96. The number of nitrogens with zero attached hydrogens (tertiary/aromatic N) is 1. The van der Waals surface area contributed by atoms with Gasteiger partial charge in [0.1, 0.15) is 0 Å². The molecule has 1 saturated heterocycles. The van der Waals surface area contributed by atoms with Gasteiger partial charge in [0.15, 0.2) is 0 Å². The van der Waals surface area contributed by atoms with Gasteiger partial charge in [-0.3, -0.25) is 9.80 Å². The Balaban J connectivity index is 2.81. The molecule has 17 heavy (non-hydrogen) atoms. The molecule has 0 aromatic carbocycles. The van der Waals surface area contributed by atoms with Crippen LogP contribution in [0.3, 0.4) is 0 Å². The van der Waals surface area contributed by atoms with Crippen molar-refractivity contribution >= 4 is 5.91 Å². The van der Waals surface area contributed by atoms with Gasteiger partial charge in [-0.05, 0) is 26.2 Å². The number of carbonyl (C=O) groups is 1. The molecular formula is C13H25N3O. The molecule has 1 rings (SSSR count). The standard InChI is InChI=1S/C13H25N3O/c1-6-11(5)16-13(17)12(14-9(2)3)8-7-10(4)15-16/h9,11-12,14-15H,4,6-8H2,1-3,5H3/t11-,12+/m1/s1. The van der Waals surface area contributed by atoms with E-state index >= 15 is 0 Å². The highest BCUT2D eigenvalue weighted by molar-refractivity contribution is 5.82. The van der Waals surface area contributed by atoms with Crippen LogP contribution in [0.2, 0.25) is 0 Å². The quantitative estimate of drug-likeness (QED) is 0.786. The van der Waals surface area contributed by atoms with Gasteiger partial charge in [-0.2, -0.15) is 0 Å². The SMILES string of the molecule is C=C1CC[C@H](NC(C)C)C(=O)N([C@H](C)CC)N1. The van der Waals surface area contributed by atoms with E-state index in [2.05, 4.69) is 45.0 Å². The molecule has 0 aliphatic carbocycles. The van der Waals surface area contributed by atoms with Crippen molar-refractivity contribution in [3.05, 3.63) is 12.3 Å². The molecule has 2 atom stereocenters. The molecule has 1 heterocycles. The van der Waals surface area contributed by atoms with Crippen LogP contribution in [-0.2, 0) is 4.79 Å². The van der Waals surface area contributed by atoms with Crippen LogP contribution in [0.15, 0.2) is 12.3 Å². The third-order valence-corrected chi connectivity index (χ3v) is 3.11. The average Bonchev–Trinajstić information content (AvgIpc) is 2.40. The number of amides is 1. The molecule has 4 nitrogen and oxygen atoms in total. The van der Waals surface area contributed by atoms with Crippen molar-refractivity contribution in [1.29, 1.82) is 0 Å². The maximum absolute atomic E-state index is 12.4. The monoisotopic (exact) mass is 239 g/mol. The van der Waals surface area contributed by atoms with E-state index in [9.17, 15) is 4.79 Å². The van der Waals surface area contributed by atoms with E-state index in [0.29, 0.717) is 6.04 Å². The van der Waals surface area contributed by atoms with Crippen LogP contribution in [0.1, 0.15) is 47.0 Å². The predicted octanol–water partition coefficient (Wildman–Crippen LogP) is 1.79. The summed E-state index contributed by atoms with van der Waals surface area (Å²) in [6, 6.07) is 0.402. The van der Waals surface area contributed by atoms with Crippen LogP contribution in [-0.4, -0.2) is 29.0 Å². The molecule has 0 saturated carbocycles. The lowest BCUT2D eigenvalue weighted by Crippen LogP contribution is -2.54. The molecule has 0 aromatic rings. The normalized spacial score (nSPS) is 23.6. The van der Waals surface area contributed by atoms with Crippen molar-refractivity contribution in [2.24, 2.45) is 0 Å². The Hall–Kier alpha value is -1.03. The van der Waals surface area contributed by atoms with E-state index in [-0.39, 0.29) is 18.0 Å². The van der Waals surface area contributed by atoms with Crippen molar-refractivity contribution in [3.8, 4) is 0 Å². The zero-order chi connectivity index (χ0) is 13.0. The van der Waals surface area contributed by atoms with E-state index in [1.807, 2.05) is 0 Å². The van der Waals surface area contributed by atoms with Crippen LogP contribution in [0.4, 0.5) is 0 Å². The molecule has 1 aliphatic rings. The highest BCUT2D eigenvalue weighted by Crippen LogP contribution is 2.15. The number of nitrogens with one attached hydrogen (secondary N) is 2. The van der Waals surface area contributed by atoms with Gasteiger partial charge >= 0.3 is 0 Å². The summed E-state index contributed by atoms with van der Waals surface area (Å²) in [7, 11) is 0. The molecule has 2 N–H and O–H groups in total. The van der Waals surface area contributed by atoms with E-state index in [0.717, 1.165) is 25.0 Å². The lowest BCUT2D eigenvalue weighted by atomic mass is 10.1. The Bertz CT molecular complexity index is 288. The number of hydrogen-bond donors (Lipinski definition) is 2. The van der Waals surface area contributed by atoms with Crippen LogP contribution in [0.25, 0.3) is 0 Å². The van der Waals surface area contributed by atoms with Crippen molar-refractivity contribution in [2.75, 3.05) is 0 Å². The topological polar surface area (TPSA) is 44.4 Å². The zero-order valence-corrected chi connectivity index (χ0v) is 11.4. The summed E-state index contributed by atoms with van der Waals surface area (Å²) in [5.74, 6) is 0.131. The fourth-order valence-electron chi connectivity index (χ4n) is 1.96. The number of rotatable bonds is 4. The summed E-state index contributed by atoms with van der Waals surface area (Å²) in [6.07, 6.45) is 2.58. The molecular weight excluding hydrogens is 214 g/mol. The molecule has 0 bridgehead atoms. The second-order valence-electron chi connectivity index (χ2n) is 5.09.